The molecular weight excluding hydrogens is 339 g/mol. The molecule has 2 aromatic rings. The first kappa shape index (κ1) is 15.6. The standard InChI is InChI=1S/C12H12Cl2N2O2S2/c1-16(6-8-4-5-19-7-8)20(17,18)10-3-2-9(13)12(15)11(10)14/h2-5,7H,6,15H2,1H3. The Morgan fingerprint density at radius 2 is 2.00 bits per heavy atom. The van der Waals surface area contributed by atoms with Crippen molar-refractivity contribution in [2.45, 2.75) is 11.4 Å². The van der Waals surface area contributed by atoms with Crippen LogP contribution in [0.5, 0.6) is 0 Å². The number of nitrogen functional groups attached to an aromatic ring is 1. The van der Waals surface area contributed by atoms with Gasteiger partial charge in [0.05, 0.1) is 15.7 Å². The van der Waals surface area contributed by atoms with Crippen molar-refractivity contribution in [2.24, 2.45) is 0 Å². The molecule has 0 aliphatic rings. The molecule has 2 rings (SSSR count). The van der Waals surface area contributed by atoms with Gasteiger partial charge in [-0.05, 0) is 34.5 Å². The number of nitrogens with zero attached hydrogens (tertiary/aromatic N) is 1. The monoisotopic (exact) mass is 350 g/mol. The summed E-state index contributed by atoms with van der Waals surface area (Å²) in [6.07, 6.45) is 0. The topological polar surface area (TPSA) is 63.4 Å². The Morgan fingerprint density at radius 3 is 2.60 bits per heavy atom. The first-order valence-corrected chi connectivity index (χ1v) is 8.69. The van der Waals surface area contributed by atoms with Gasteiger partial charge in [0, 0.05) is 13.6 Å². The maximum atomic E-state index is 12.5. The second-order valence-corrected chi connectivity index (χ2v) is 7.74. The molecule has 0 saturated heterocycles. The molecule has 0 spiro atoms. The number of halogens is 2. The summed E-state index contributed by atoms with van der Waals surface area (Å²) in [5.74, 6) is 0. The van der Waals surface area contributed by atoms with E-state index in [2.05, 4.69) is 0 Å². The Balaban J connectivity index is 2.37. The summed E-state index contributed by atoms with van der Waals surface area (Å²) in [6.45, 7) is 0.269. The number of anilines is 1. The molecular formula is C12H12Cl2N2O2S2. The second kappa shape index (κ2) is 5.91. The lowest BCUT2D eigenvalue weighted by molar-refractivity contribution is 0.467. The van der Waals surface area contributed by atoms with Gasteiger partial charge >= 0.3 is 0 Å². The minimum atomic E-state index is -3.72. The van der Waals surface area contributed by atoms with Crippen LogP contribution in [0.25, 0.3) is 0 Å². The summed E-state index contributed by atoms with van der Waals surface area (Å²) < 4.78 is 26.2. The van der Waals surface area contributed by atoms with E-state index in [1.165, 1.54) is 34.8 Å². The highest BCUT2D eigenvalue weighted by Gasteiger charge is 2.25. The molecule has 108 valence electrons. The molecule has 20 heavy (non-hydrogen) atoms. The first-order valence-electron chi connectivity index (χ1n) is 5.55. The summed E-state index contributed by atoms with van der Waals surface area (Å²) in [4.78, 5) is -0.0428. The van der Waals surface area contributed by atoms with Crippen molar-refractivity contribution in [3.63, 3.8) is 0 Å². The largest absolute Gasteiger partial charge is 0.396 e. The number of rotatable bonds is 4. The Bertz CT molecular complexity index is 715. The van der Waals surface area contributed by atoms with Gasteiger partial charge in [0.1, 0.15) is 4.90 Å². The quantitative estimate of drug-likeness (QED) is 0.858. The minimum Gasteiger partial charge on any atom is -0.396 e. The van der Waals surface area contributed by atoms with Crippen LogP contribution in [-0.4, -0.2) is 19.8 Å². The molecule has 0 fully saturated rings. The smallest absolute Gasteiger partial charge is 0.244 e. The molecule has 0 unspecified atom stereocenters. The summed E-state index contributed by atoms with van der Waals surface area (Å²) in [5.41, 5.74) is 6.65. The molecule has 0 radical (unpaired) electrons. The van der Waals surface area contributed by atoms with Crippen molar-refractivity contribution >= 4 is 50.2 Å². The Kier molecular flexibility index (Phi) is 4.61. The average molecular weight is 351 g/mol. The zero-order valence-corrected chi connectivity index (χ0v) is 13.7. The molecule has 4 nitrogen and oxygen atoms in total. The van der Waals surface area contributed by atoms with Crippen LogP contribution in [0.2, 0.25) is 10.0 Å². The fourth-order valence-corrected chi connectivity index (χ4v) is 4.20. The van der Waals surface area contributed by atoms with Gasteiger partial charge in [-0.25, -0.2) is 8.42 Å². The molecule has 0 atom stereocenters. The Labute approximate surface area is 131 Å². The predicted molar refractivity (Wildman–Crippen MR) is 83.8 cm³/mol. The maximum absolute atomic E-state index is 12.5. The fraction of sp³-hybridized carbons (Fsp3) is 0.167. The molecule has 0 aliphatic heterocycles. The third kappa shape index (κ3) is 2.94. The van der Waals surface area contributed by atoms with Crippen molar-refractivity contribution in [3.8, 4) is 0 Å². The normalized spacial score (nSPS) is 12.0. The van der Waals surface area contributed by atoms with Gasteiger partial charge in [-0.15, -0.1) is 0 Å². The molecule has 0 saturated carbocycles. The fourth-order valence-electron chi connectivity index (χ4n) is 1.64. The van der Waals surface area contributed by atoms with Crippen LogP contribution < -0.4 is 5.73 Å². The summed E-state index contributed by atoms with van der Waals surface area (Å²) in [5, 5.41) is 3.97. The molecule has 0 amide bonds. The molecule has 2 N–H and O–H groups in total. The van der Waals surface area contributed by atoms with Gasteiger partial charge in [-0.1, -0.05) is 23.2 Å². The van der Waals surface area contributed by atoms with Crippen molar-refractivity contribution in [1.29, 1.82) is 0 Å². The number of nitrogens with two attached hydrogens (primary N) is 1. The molecule has 0 aliphatic carbocycles. The third-order valence-corrected chi connectivity index (χ3v) is 6.19. The van der Waals surface area contributed by atoms with Gasteiger partial charge in [0.25, 0.3) is 0 Å². The Morgan fingerprint density at radius 1 is 1.30 bits per heavy atom. The van der Waals surface area contributed by atoms with Gasteiger partial charge in [-0.3, -0.25) is 0 Å². The van der Waals surface area contributed by atoms with Crippen molar-refractivity contribution in [1.82, 2.24) is 4.31 Å². The summed E-state index contributed by atoms with van der Waals surface area (Å²) >= 11 is 13.3. The van der Waals surface area contributed by atoms with Gasteiger partial charge in [0.15, 0.2) is 0 Å². The van der Waals surface area contributed by atoms with Gasteiger partial charge in [0.2, 0.25) is 10.0 Å². The number of sulfonamides is 1. The highest BCUT2D eigenvalue weighted by Crippen LogP contribution is 2.34. The lowest BCUT2D eigenvalue weighted by Gasteiger charge is -2.18. The van der Waals surface area contributed by atoms with Crippen molar-refractivity contribution < 1.29 is 8.42 Å². The van der Waals surface area contributed by atoms with E-state index in [4.69, 9.17) is 28.9 Å². The van der Waals surface area contributed by atoms with Crippen LogP contribution in [0.4, 0.5) is 5.69 Å². The maximum Gasteiger partial charge on any atom is 0.244 e. The van der Waals surface area contributed by atoms with E-state index in [0.29, 0.717) is 0 Å². The van der Waals surface area contributed by atoms with Crippen molar-refractivity contribution in [2.75, 3.05) is 12.8 Å². The first-order chi connectivity index (χ1) is 9.34. The highest BCUT2D eigenvalue weighted by atomic mass is 35.5. The lowest BCUT2D eigenvalue weighted by Crippen LogP contribution is -2.26. The highest BCUT2D eigenvalue weighted by molar-refractivity contribution is 7.89. The lowest BCUT2D eigenvalue weighted by atomic mass is 10.3. The van der Waals surface area contributed by atoms with Crippen LogP contribution in [0.3, 0.4) is 0 Å². The van der Waals surface area contributed by atoms with E-state index < -0.39 is 10.0 Å². The number of hydrogen-bond donors (Lipinski definition) is 1. The average Bonchev–Trinajstić information content (AvgIpc) is 2.88. The van der Waals surface area contributed by atoms with Crippen LogP contribution >= 0.6 is 34.5 Å². The number of thiophene rings is 1. The van der Waals surface area contributed by atoms with Gasteiger partial charge in [-0.2, -0.15) is 15.6 Å². The summed E-state index contributed by atoms with van der Waals surface area (Å²) in [6, 6.07) is 4.66. The van der Waals surface area contributed by atoms with E-state index in [-0.39, 0.29) is 27.2 Å². The Hall–Kier alpha value is -0.790. The molecule has 8 heteroatoms. The molecule has 1 aromatic heterocycles. The van der Waals surface area contributed by atoms with Gasteiger partial charge < -0.3 is 5.73 Å². The zero-order chi connectivity index (χ0) is 14.9. The molecule has 1 aromatic carbocycles. The van der Waals surface area contributed by atoms with Crippen LogP contribution in [0.15, 0.2) is 33.9 Å². The van der Waals surface area contributed by atoms with Crippen LogP contribution in [0.1, 0.15) is 5.56 Å². The number of hydrogen-bond acceptors (Lipinski definition) is 4. The van der Waals surface area contributed by atoms with Crippen molar-refractivity contribution in [3.05, 3.63) is 44.6 Å². The van der Waals surface area contributed by atoms with E-state index in [1.54, 1.807) is 0 Å². The van der Waals surface area contributed by atoms with E-state index in [0.717, 1.165) is 5.56 Å². The third-order valence-electron chi connectivity index (χ3n) is 2.76. The van der Waals surface area contributed by atoms with E-state index in [9.17, 15) is 8.42 Å². The second-order valence-electron chi connectivity index (χ2n) is 4.17. The van der Waals surface area contributed by atoms with E-state index in [1.807, 2.05) is 16.8 Å². The van der Waals surface area contributed by atoms with Crippen LogP contribution in [-0.2, 0) is 16.6 Å². The zero-order valence-electron chi connectivity index (χ0n) is 10.5. The summed E-state index contributed by atoms with van der Waals surface area (Å²) in [7, 11) is -2.22. The van der Waals surface area contributed by atoms with E-state index >= 15 is 0 Å². The molecule has 0 bridgehead atoms. The SMILES string of the molecule is CN(Cc1ccsc1)S(=O)(=O)c1ccc(Cl)c(N)c1Cl. The van der Waals surface area contributed by atoms with Crippen LogP contribution in [0, 0.1) is 0 Å². The molecule has 1 heterocycles. The number of benzene rings is 1. The predicted octanol–water partition coefficient (Wildman–Crippen LogP) is 3.46. The minimum absolute atomic E-state index is 0.0428.